The Bertz CT molecular complexity index is 510. The number of nitrogens with zero attached hydrogens (tertiary/aromatic N) is 4. The van der Waals surface area contributed by atoms with Crippen LogP contribution in [0, 0.1) is 10.1 Å². The van der Waals surface area contributed by atoms with E-state index in [0.29, 0.717) is 5.95 Å². The first kappa shape index (κ1) is 12.0. The van der Waals surface area contributed by atoms with Crippen LogP contribution in [0.2, 0.25) is 0 Å². The standard InChI is InChI=1S/C10H12N6O2/c1-2-8(9-11-3-4-12-9)15-10-13-5-7(6-14-10)16(17)18/h3-6,8H,2H2,1H3,(H,11,12)(H,13,14,15). The zero-order valence-corrected chi connectivity index (χ0v) is 9.70. The molecule has 1 atom stereocenters. The van der Waals surface area contributed by atoms with E-state index in [1.54, 1.807) is 12.4 Å². The third-order valence-electron chi connectivity index (χ3n) is 2.41. The van der Waals surface area contributed by atoms with Gasteiger partial charge in [0.05, 0.1) is 11.0 Å². The van der Waals surface area contributed by atoms with E-state index in [4.69, 9.17) is 0 Å². The molecule has 0 aliphatic heterocycles. The molecule has 18 heavy (non-hydrogen) atoms. The fraction of sp³-hybridized carbons (Fsp3) is 0.300. The van der Waals surface area contributed by atoms with E-state index in [1.807, 2.05) is 6.92 Å². The van der Waals surface area contributed by atoms with Crippen LogP contribution < -0.4 is 5.32 Å². The molecule has 0 saturated carbocycles. The maximum Gasteiger partial charge on any atom is 0.305 e. The highest BCUT2D eigenvalue weighted by atomic mass is 16.6. The van der Waals surface area contributed by atoms with Crippen LogP contribution in [0.5, 0.6) is 0 Å². The van der Waals surface area contributed by atoms with Gasteiger partial charge in [-0.1, -0.05) is 6.92 Å². The SMILES string of the molecule is CCC(Nc1ncc([N+](=O)[O-])cn1)c1ncc[nH]1. The van der Waals surface area contributed by atoms with Gasteiger partial charge < -0.3 is 10.3 Å². The number of nitrogens with one attached hydrogen (secondary N) is 2. The van der Waals surface area contributed by atoms with Gasteiger partial charge in [-0.2, -0.15) is 0 Å². The van der Waals surface area contributed by atoms with E-state index in [0.717, 1.165) is 12.2 Å². The Morgan fingerprint density at radius 2 is 2.17 bits per heavy atom. The summed E-state index contributed by atoms with van der Waals surface area (Å²) in [5, 5.41) is 13.5. The predicted molar refractivity (Wildman–Crippen MR) is 63.9 cm³/mol. The van der Waals surface area contributed by atoms with Crippen molar-refractivity contribution in [2.24, 2.45) is 0 Å². The van der Waals surface area contributed by atoms with E-state index in [2.05, 4.69) is 25.3 Å². The van der Waals surface area contributed by atoms with Gasteiger partial charge in [-0.05, 0) is 6.42 Å². The van der Waals surface area contributed by atoms with Crippen LogP contribution >= 0.6 is 0 Å². The van der Waals surface area contributed by atoms with Gasteiger partial charge in [-0.15, -0.1) is 0 Å². The summed E-state index contributed by atoms with van der Waals surface area (Å²) in [5.41, 5.74) is -0.133. The molecule has 94 valence electrons. The van der Waals surface area contributed by atoms with E-state index >= 15 is 0 Å². The molecule has 0 radical (unpaired) electrons. The van der Waals surface area contributed by atoms with Crippen LogP contribution in [0.25, 0.3) is 0 Å². The fourth-order valence-electron chi connectivity index (χ4n) is 1.48. The third kappa shape index (κ3) is 2.59. The smallest absolute Gasteiger partial charge is 0.305 e. The van der Waals surface area contributed by atoms with Crippen LogP contribution in [-0.4, -0.2) is 24.9 Å². The maximum absolute atomic E-state index is 10.5. The number of hydrogen-bond donors (Lipinski definition) is 2. The van der Waals surface area contributed by atoms with Crippen molar-refractivity contribution in [3.8, 4) is 0 Å². The van der Waals surface area contributed by atoms with Crippen molar-refractivity contribution in [1.82, 2.24) is 19.9 Å². The van der Waals surface area contributed by atoms with Gasteiger partial charge in [0, 0.05) is 12.4 Å². The quantitative estimate of drug-likeness (QED) is 0.615. The molecule has 0 bridgehead atoms. The lowest BCUT2D eigenvalue weighted by molar-refractivity contribution is -0.385. The maximum atomic E-state index is 10.5. The molecule has 0 fully saturated rings. The largest absolute Gasteiger partial charge is 0.347 e. The number of nitro groups is 1. The van der Waals surface area contributed by atoms with Gasteiger partial charge in [0.25, 0.3) is 0 Å². The zero-order chi connectivity index (χ0) is 13.0. The molecule has 2 N–H and O–H groups in total. The van der Waals surface area contributed by atoms with Gasteiger partial charge in [0.1, 0.15) is 18.2 Å². The zero-order valence-electron chi connectivity index (χ0n) is 9.70. The molecule has 2 rings (SSSR count). The lowest BCUT2D eigenvalue weighted by atomic mass is 10.2. The third-order valence-corrected chi connectivity index (χ3v) is 2.41. The summed E-state index contributed by atoms with van der Waals surface area (Å²) in [5.74, 6) is 1.11. The number of anilines is 1. The second-order valence-electron chi connectivity index (χ2n) is 3.60. The van der Waals surface area contributed by atoms with Gasteiger partial charge in [-0.25, -0.2) is 15.0 Å². The van der Waals surface area contributed by atoms with Crippen LogP contribution in [0.15, 0.2) is 24.8 Å². The number of imidazole rings is 1. The highest BCUT2D eigenvalue weighted by Crippen LogP contribution is 2.17. The van der Waals surface area contributed by atoms with E-state index < -0.39 is 4.92 Å². The second-order valence-corrected chi connectivity index (χ2v) is 3.60. The molecule has 2 aromatic rings. The van der Waals surface area contributed by atoms with E-state index in [-0.39, 0.29) is 11.7 Å². The monoisotopic (exact) mass is 248 g/mol. The summed E-state index contributed by atoms with van der Waals surface area (Å²) in [6.07, 6.45) is 6.52. The lowest BCUT2D eigenvalue weighted by Gasteiger charge is -2.13. The fourth-order valence-corrected chi connectivity index (χ4v) is 1.48. The minimum atomic E-state index is -0.534. The molecule has 8 nitrogen and oxygen atoms in total. The van der Waals surface area contributed by atoms with Crippen molar-refractivity contribution in [2.75, 3.05) is 5.32 Å². The Morgan fingerprint density at radius 1 is 1.44 bits per heavy atom. The first-order valence-corrected chi connectivity index (χ1v) is 5.43. The van der Waals surface area contributed by atoms with Crippen LogP contribution in [0.1, 0.15) is 25.2 Å². The Morgan fingerprint density at radius 3 is 2.67 bits per heavy atom. The summed E-state index contributed by atoms with van der Waals surface area (Å²) >= 11 is 0. The molecular formula is C10H12N6O2. The summed E-state index contributed by atoms with van der Waals surface area (Å²) in [6, 6.07) is -0.0542. The summed E-state index contributed by atoms with van der Waals surface area (Å²) < 4.78 is 0. The Kier molecular flexibility index (Phi) is 3.46. The summed E-state index contributed by atoms with van der Waals surface area (Å²) in [4.78, 5) is 24.9. The first-order chi connectivity index (χ1) is 8.70. The topological polar surface area (TPSA) is 110 Å². The van der Waals surface area contributed by atoms with Gasteiger partial charge in [-0.3, -0.25) is 10.1 Å². The molecule has 2 heterocycles. The van der Waals surface area contributed by atoms with Crippen LogP contribution in [0.3, 0.4) is 0 Å². The molecule has 1 unspecified atom stereocenters. The van der Waals surface area contributed by atoms with Crippen LogP contribution in [-0.2, 0) is 0 Å². The van der Waals surface area contributed by atoms with Gasteiger partial charge >= 0.3 is 5.69 Å². The van der Waals surface area contributed by atoms with Crippen molar-refractivity contribution in [3.05, 3.63) is 40.7 Å². The minimum absolute atomic E-state index is 0.0542. The predicted octanol–water partition coefficient (Wildman–Crippen LogP) is 1.67. The van der Waals surface area contributed by atoms with Crippen molar-refractivity contribution in [2.45, 2.75) is 19.4 Å². The van der Waals surface area contributed by atoms with Crippen molar-refractivity contribution in [3.63, 3.8) is 0 Å². The van der Waals surface area contributed by atoms with E-state index in [9.17, 15) is 10.1 Å². The Hall–Kier alpha value is -2.51. The summed E-state index contributed by atoms with van der Waals surface area (Å²) in [7, 11) is 0. The number of aromatic nitrogens is 4. The number of H-pyrrole nitrogens is 1. The molecule has 0 aliphatic rings. The highest BCUT2D eigenvalue weighted by molar-refractivity contribution is 5.32. The number of hydrogen-bond acceptors (Lipinski definition) is 6. The van der Waals surface area contributed by atoms with Crippen molar-refractivity contribution < 1.29 is 4.92 Å². The normalized spacial score (nSPS) is 12.1. The van der Waals surface area contributed by atoms with Crippen molar-refractivity contribution >= 4 is 11.6 Å². The Balaban J connectivity index is 2.10. The minimum Gasteiger partial charge on any atom is -0.347 e. The van der Waals surface area contributed by atoms with Gasteiger partial charge in [0.2, 0.25) is 5.95 Å². The molecule has 0 spiro atoms. The summed E-state index contributed by atoms with van der Waals surface area (Å²) in [6.45, 7) is 1.99. The molecule has 0 saturated heterocycles. The molecule has 0 amide bonds. The lowest BCUT2D eigenvalue weighted by Crippen LogP contribution is -2.13. The molecule has 0 aromatic carbocycles. The first-order valence-electron chi connectivity index (χ1n) is 5.43. The Labute approximate surface area is 103 Å². The number of rotatable bonds is 5. The molecule has 2 aromatic heterocycles. The van der Waals surface area contributed by atoms with E-state index in [1.165, 1.54) is 12.4 Å². The average Bonchev–Trinajstić information content (AvgIpc) is 2.90. The van der Waals surface area contributed by atoms with Crippen LogP contribution in [0.4, 0.5) is 11.6 Å². The average molecular weight is 248 g/mol. The van der Waals surface area contributed by atoms with Gasteiger partial charge in [0.15, 0.2) is 0 Å². The number of aromatic amines is 1. The van der Waals surface area contributed by atoms with Crippen molar-refractivity contribution in [1.29, 1.82) is 0 Å². The molecular weight excluding hydrogens is 236 g/mol. The molecule has 0 aliphatic carbocycles. The highest BCUT2D eigenvalue weighted by Gasteiger charge is 2.13. The second kappa shape index (κ2) is 5.21. The molecule has 8 heteroatoms.